The zero-order valence-corrected chi connectivity index (χ0v) is 17.2. The molecule has 1 amide bonds. The summed E-state index contributed by atoms with van der Waals surface area (Å²) >= 11 is 6.77. The number of hydrogen-bond acceptors (Lipinski definition) is 3. The molecule has 4 nitrogen and oxygen atoms in total. The van der Waals surface area contributed by atoms with Gasteiger partial charge in [-0.3, -0.25) is 10.1 Å². The number of halogens is 4. The number of thiocarbonyl (C=S) groups is 1. The van der Waals surface area contributed by atoms with E-state index in [2.05, 4.69) is 10.6 Å². The first-order valence-electron chi connectivity index (χ1n) is 7.92. The lowest BCUT2D eigenvalue weighted by molar-refractivity contribution is -0.137. The molecule has 0 saturated carbocycles. The van der Waals surface area contributed by atoms with Crippen molar-refractivity contribution in [1.29, 1.82) is 0 Å². The van der Waals surface area contributed by atoms with E-state index in [1.54, 1.807) is 46.9 Å². The highest BCUT2D eigenvalue weighted by Gasteiger charge is 2.34. The van der Waals surface area contributed by atoms with Crippen LogP contribution in [0, 0.1) is 3.57 Å². The maximum absolute atomic E-state index is 13.1. The third kappa shape index (κ3) is 6.35. The molecule has 0 saturated heterocycles. The molecule has 0 spiro atoms. The van der Waals surface area contributed by atoms with E-state index in [0.717, 1.165) is 12.5 Å². The van der Waals surface area contributed by atoms with Gasteiger partial charge in [0.05, 0.1) is 17.9 Å². The second-order valence-corrected chi connectivity index (χ2v) is 7.12. The lowest BCUT2D eigenvalue weighted by Crippen LogP contribution is -2.34. The number of ether oxygens (including phenoxy) is 1. The highest BCUT2D eigenvalue weighted by atomic mass is 127. The van der Waals surface area contributed by atoms with Crippen LogP contribution in [0.1, 0.15) is 29.3 Å². The van der Waals surface area contributed by atoms with Gasteiger partial charge in [-0.05, 0) is 83.7 Å². The van der Waals surface area contributed by atoms with Gasteiger partial charge in [0.1, 0.15) is 5.75 Å². The molecule has 0 bridgehead atoms. The molecule has 0 aliphatic rings. The number of amides is 1. The molecule has 0 fully saturated rings. The van der Waals surface area contributed by atoms with E-state index in [9.17, 15) is 18.0 Å². The van der Waals surface area contributed by atoms with Crippen LogP contribution in [0.2, 0.25) is 0 Å². The highest BCUT2D eigenvalue weighted by Crippen LogP contribution is 2.35. The van der Waals surface area contributed by atoms with Crippen molar-refractivity contribution >= 4 is 51.5 Å². The van der Waals surface area contributed by atoms with E-state index in [-0.39, 0.29) is 10.8 Å². The van der Waals surface area contributed by atoms with Crippen molar-refractivity contribution in [1.82, 2.24) is 5.32 Å². The molecule has 2 rings (SSSR count). The van der Waals surface area contributed by atoms with E-state index in [1.807, 2.05) is 6.92 Å². The highest BCUT2D eigenvalue weighted by molar-refractivity contribution is 14.1. The zero-order valence-electron chi connectivity index (χ0n) is 14.2. The molecule has 0 aliphatic heterocycles. The van der Waals surface area contributed by atoms with Gasteiger partial charge in [-0.25, -0.2) is 0 Å². The lowest BCUT2D eigenvalue weighted by Gasteiger charge is -2.16. The first-order chi connectivity index (χ1) is 12.7. The molecule has 0 atom stereocenters. The molecule has 0 aliphatic carbocycles. The third-order valence-corrected chi connectivity index (χ3v) is 4.23. The number of nitrogens with one attached hydrogen (secondary N) is 2. The van der Waals surface area contributed by atoms with E-state index in [4.69, 9.17) is 17.0 Å². The molecule has 27 heavy (non-hydrogen) atoms. The van der Waals surface area contributed by atoms with Crippen molar-refractivity contribution < 1.29 is 22.7 Å². The van der Waals surface area contributed by atoms with Gasteiger partial charge < -0.3 is 10.1 Å². The molecule has 0 heterocycles. The van der Waals surface area contributed by atoms with Gasteiger partial charge in [-0.2, -0.15) is 13.2 Å². The van der Waals surface area contributed by atoms with Crippen LogP contribution in [0.3, 0.4) is 0 Å². The molecule has 9 heteroatoms. The van der Waals surface area contributed by atoms with Crippen molar-refractivity contribution in [2.24, 2.45) is 0 Å². The molecule has 0 unspecified atom stereocenters. The Kier molecular flexibility index (Phi) is 7.42. The van der Waals surface area contributed by atoms with E-state index in [0.29, 0.717) is 21.5 Å². The first kappa shape index (κ1) is 21.4. The van der Waals surface area contributed by atoms with Gasteiger partial charge in [0, 0.05) is 9.13 Å². The predicted molar refractivity (Wildman–Crippen MR) is 110 cm³/mol. The average Bonchev–Trinajstić information content (AvgIpc) is 2.61. The zero-order chi connectivity index (χ0) is 20.0. The first-order valence-corrected chi connectivity index (χ1v) is 9.41. The Morgan fingerprint density at radius 3 is 2.44 bits per heavy atom. The predicted octanol–water partition coefficient (Wildman–Crippen LogP) is 5.23. The number of carbonyl (C=O) groups excluding carboxylic acids is 1. The number of hydrogen-bond donors (Lipinski definition) is 2. The number of benzene rings is 2. The molecule has 2 N–H and O–H groups in total. The summed E-state index contributed by atoms with van der Waals surface area (Å²) in [6.45, 7) is 2.55. The Balaban J connectivity index is 2.04. The van der Waals surface area contributed by atoms with Crippen LogP contribution in [-0.4, -0.2) is 17.6 Å². The fourth-order valence-electron chi connectivity index (χ4n) is 2.11. The lowest BCUT2D eigenvalue weighted by atomic mass is 10.1. The fraction of sp³-hybridized carbons (Fsp3) is 0.222. The molecular formula is C18H16F3IN2O2S. The number of anilines is 1. The summed E-state index contributed by atoms with van der Waals surface area (Å²) in [5.41, 5.74) is -0.776. The molecule has 0 radical (unpaired) electrons. The summed E-state index contributed by atoms with van der Waals surface area (Å²) in [4.78, 5) is 12.2. The molecule has 2 aromatic carbocycles. The normalized spacial score (nSPS) is 11.0. The van der Waals surface area contributed by atoms with Crippen molar-refractivity contribution in [2.75, 3.05) is 11.9 Å². The van der Waals surface area contributed by atoms with Crippen molar-refractivity contribution in [3.05, 3.63) is 57.2 Å². The van der Waals surface area contributed by atoms with Crippen LogP contribution < -0.4 is 15.4 Å². The average molecular weight is 508 g/mol. The minimum absolute atomic E-state index is 0.224. The molecule has 144 valence electrons. The smallest absolute Gasteiger partial charge is 0.418 e. The van der Waals surface area contributed by atoms with Crippen LogP contribution in [0.5, 0.6) is 5.75 Å². The Morgan fingerprint density at radius 2 is 1.85 bits per heavy atom. The van der Waals surface area contributed by atoms with Gasteiger partial charge in [-0.15, -0.1) is 0 Å². The summed E-state index contributed by atoms with van der Waals surface area (Å²) in [6.07, 6.45) is -3.68. The minimum Gasteiger partial charge on any atom is -0.494 e. The van der Waals surface area contributed by atoms with Crippen molar-refractivity contribution in [3.63, 3.8) is 0 Å². The van der Waals surface area contributed by atoms with E-state index >= 15 is 0 Å². The molecular weight excluding hydrogens is 492 g/mol. The second kappa shape index (κ2) is 9.36. The van der Waals surface area contributed by atoms with E-state index < -0.39 is 17.6 Å². The maximum atomic E-state index is 13.1. The van der Waals surface area contributed by atoms with Crippen LogP contribution in [0.15, 0.2) is 42.5 Å². The van der Waals surface area contributed by atoms with Crippen LogP contribution >= 0.6 is 34.8 Å². The molecule has 2 aromatic rings. The van der Waals surface area contributed by atoms with Crippen molar-refractivity contribution in [2.45, 2.75) is 19.5 Å². The quantitative estimate of drug-likeness (QED) is 0.430. The summed E-state index contributed by atoms with van der Waals surface area (Å²) in [6, 6.07) is 10.2. The summed E-state index contributed by atoms with van der Waals surface area (Å²) in [5.74, 6) is 0.0939. The number of rotatable bonds is 5. The number of carbonyl (C=O) groups is 1. The standard InChI is InChI=1S/C18H16F3IN2O2S/c1-2-9-26-13-6-3-11(4-7-13)16(25)24-17(27)23-15-8-5-12(22)10-14(15)18(19,20)21/h3-8,10H,2,9H2,1H3,(H2,23,24,25,27). The Hall–Kier alpha value is -1.88. The number of alkyl halides is 3. The maximum Gasteiger partial charge on any atom is 0.418 e. The second-order valence-electron chi connectivity index (χ2n) is 5.47. The van der Waals surface area contributed by atoms with Gasteiger partial charge in [0.15, 0.2) is 5.11 Å². The van der Waals surface area contributed by atoms with Gasteiger partial charge in [0.25, 0.3) is 5.91 Å². The Morgan fingerprint density at radius 1 is 1.19 bits per heavy atom. The van der Waals surface area contributed by atoms with E-state index in [1.165, 1.54) is 12.1 Å². The van der Waals surface area contributed by atoms with Crippen LogP contribution in [0.25, 0.3) is 0 Å². The minimum atomic E-state index is -4.54. The topological polar surface area (TPSA) is 50.4 Å². The third-order valence-electron chi connectivity index (χ3n) is 3.35. The fourth-order valence-corrected chi connectivity index (χ4v) is 2.81. The SMILES string of the molecule is CCCOc1ccc(C(=O)NC(=S)Nc2ccc(I)cc2C(F)(F)F)cc1. The largest absolute Gasteiger partial charge is 0.494 e. The summed E-state index contributed by atoms with van der Waals surface area (Å²) in [7, 11) is 0. The van der Waals surface area contributed by atoms with Gasteiger partial charge in [-0.1, -0.05) is 6.92 Å². The summed E-state index contributed by atoms with van der Waals surface area (Å²) in [5, 5.41) is 4.58. The molecule has 0 aromatic heterocycles. The monoisotopic (exact) mass is 508 g/mol. The Bertz CT molecular complexity index is 826. The van der Waals surface area contributed by atoms with Crippen LogP contribution in [0.4, 0.5) is 18.9 Å². The van der Waals surface area contributed by atoms with Crippen LogP contribution in [-0.2, 0) is 6.18 Å². The Labute approximate surface area is 173 Å². The van der Waals surface area contributed by atoms with Gasteiger partial charge in [0.2, 0.25) is 0 Å². The summed E-state index contributed by atoms with van der Waals surface area (Å²) < 4.78 is 45.3. The van der Waals surface area contributed by atoms with Gasteiger partial charge >= 0.3 is 6.18 Å². The van der Waals surface area contributed by atoms with Crippen molar-refractivity contribution in [3.8, 4) is 5.75 Å².